The highest BCUT2D eigenvalue weighted by Gasteiger charge is 2.25. The Morgan fingerprint density at radius 2 is 2.00 bits per heavy atom. The molecule has 1 aliphatic rings. The molecule has 1 aromatic carbocycles. The molecule has 1 N–H and O–H groups in total. The molecule has 168 valence electrons. The zero-order valence-electron chi connectivity index (χ0n) is 18.8. The molecule has 0 radical (unpaired) electrons. The molecule has 4 rings (SSSR count). The molecular formula is C23H29N7O2. The van der Waals surface area contributed by atoms with Crippen molar-refractivity contribution in [3.63, 3.8) is 0 Å². The van der Waals surface area contributed by atoms with E-state index in [2.05, 4.69) is 32.2 Å². The van der Waals surface area contributed by atoms with E-state index in [4.69, 9.17) is 0 Å². The Morgan fingerprint density at radius 3 is 2.72 bits per heavy atom. The van der Waals surface area contributed by atoms with Crippen molar-refractivity contribution in [2.24, 2.45) is 5.92 Å². The summed E-state index contributed by atoms with van der Waals surface area (Å²) in [4.78, 5) is 37.2. The number of likely N-dealkylation sites (N-methyl/N-ethyl adjacent to an activating group) is 1. The van der Waals surface area contributed by atoms with Crippen LogP contribution >= 0.6 is 0 Å². The molecule has 32 heavy (non-hydrogen) atoms. The first-order chi connectivity index (χ1) is 15.4. The van der Waals surface area contributed by atoms with Crippen molar-refractivity contribution in [3.05, 3.63) is 42.5 Å². The van der Waals surface area contributed by atoms with Crippen LogP contribution in [0.2, 0.25) is 0 Å². The summed E-state index contributed by atoms with van der Waals surface area (Å²) in [7, 11) is 3.43. The fraction of sp³-hybridized carbons (Fsp3) is 0.435. The fourth-order valence-corrected chi connectivity index (χ4v) is 3.58. The summed E-state index contributed by atoms with van der Waals surface area (Å²) in [5.74, 6) is 1.20. The first kappa shape index (κ1) is 21.7. The van der Waals surface area contributed by atoms with E-state index in [-0.39, 0.29) is 18.4 Å². The SMILES string of the molecule is CCCN(CC1CC1)c1cc(C(=O)Nc2ccc3c(cnn3CC(=O)N(C)C)c2)ncn1. The molecule has 3 aromatic rings. The quantitative estimate of drug-likeness (QED) is 0.555. The first-order valence-corrected chi connectivity index (χ1v) is 11.0. The Kier molecular flexibility index (Phi) is 6.34. The maximum Gasteiger partial charge on any atom is 0.274 e. The Bertz CT molecular complexity index is 1120. The molecule has 1 aliphatic carbocycles. The number of carbonyl (C=O) groups is 2. The Morgan fingerprint density at radius 1 is 1.19 bits per heavy atom. The Labute approximate surface area is 187 Å². The normalized spacial score (nSPS) is 13.2. The van der Waals surface area contributed by atoms with Crippen LogP contribution in [0.5, 0.6) is 0 Å². The van der Waals surface area contributed by atoms with Gasteiger partial charge in [0.1, 0.15) is 24.4 Å². The van der Waals surface area contributed by atoms with Gasteiger partial charge in [-0.3, -0.25) is 14.3 Å². The van der Waals surface area contributed by atoms with Crippen LogP contribution in [0.3, 0.4) is 0 Å². The van der Waals surface area contributed by atoms with Crippen LogP contribution in [0.1, 0.15) is 36.7 Å². The van der Waals surface area contributed by atoms with Crippen LogP contribution in [-0.2, 0) is 11.3 Å². The van der Waals surface area contributed by atoms with Crippen LogP contribution in [0, 0.1) is 5.92 Å². The number of rotatable bonds is 9. The second-order valence-corrected chi connectivity index (χ2v) is 8.47. The van der Waals surface area contributed by atoms with Gasteiger partial charge in [0.2, 0.25) is 5.91 Å². The third-order valence-electron chi connectivity index (χ3n) is 5.56. The summed E-state index contributed by atoms with van der Waals surface area (Å²) in [6, 6.07) is 7.26. The highest BCUT2D eigenvalue weighted by molar-refractivity contribution is 6.04. The fourth-order valence-electron chi connectivity index (χ4n) is 3.58. The third-order valence-corrected chi connectivity index (χ3v) is 5.56. The lowest BCUT2D eigenvalue weighted by Crippen LogP contribution is -2.28. The molecule has 1 saturated carbocycles. The third kappa shape index (κ3) is 5.04. The maximum atomic E-state index is 12.9. The second kappa shape index (κ2) is 9.33. The highest BCUT2D eigenvalue weighted by Crippen LogP contribution is 2.31. The summed E-state index contributed by atoms with van der Waals surface area (Å²) in [6.07, 6.45) is 6.69. The summed E-state index contributed by atoms with van der Waals surface area (Å²) in [5.41, 5.74) is 1.81. The predicted molar refractivity (Wildman–Crippen MR) is 124 cm³/mol. The van der Waals surface area contributed by atoms with Crippen molar-refractivity contribution in [3.8, 4) is 0 Å². The van der Waals surface area contributed by atoms with Crippen molar-refractivity contribution < 1.29 is 9.59 Å². The van der Waals surface area contributed by atoms with Crippen molar-refractivity contribution in [2.75, 3.05) is 37.4 Å². The van der Waals surface area contributed by atoms with Gasteiger partial charge in [0.15, 0.2) is 0 Å². The number of nitrogens with zero attached hydrogens (tertiary/aromatic N) is 6. The number of nitrogens with one attached hydrogen (secondary N) is 1. The smallest absolute Gasteiger partial charge is 0.274 e. The van der Waals surface area contributed by atoms with Crippen LogP contribution < -0.4 is 10.2 Å². The van der Waals surface area contributed by atoms with E-state index in [0.29, 0.717) is 11.4 Å². The van der Waals surface area contributed by atoms with E-state index in [1.807, 2.05) is 12.1 Å². The summed E-state index contributed by atoms with van der Waals surface area (Å²) in [6.45, 7) is 4.19. The van der Waals surface area contributed by atoms with Gasteiger partial charge in [-0.1, -0.05) is 6.92 Å². The molecule has 1 fully saturated rings. The lowest BCUT2D eigenvalue weighted by Gasteiger charge is -2.23. The minimum Gasteiger partial charge on any atom is -0.356 e. The van der Waals surface area contributed by atoms with Gasteiger partial charge in [-0.05, 0) is 43.4 Å². The monoisotopic (exact) mass is 435 g/mol. The average molecular weight is 436 g/mol. The first-order valence-electron chi connectivity index (χ1n) is 11.0. The van der Waals surface area contributed by atoms with Gasteiger partial charge in [0, 0.05) is 44.3 Å². The molecule has 0 unspecified atom stereocenters. The minimum atomic E-state index is -0.286. The van der Waals surface area contributed by atoms with Gasteiger partial charge in [0.25, 0.3) is 5.91 Å². The van der Waals surface area contributed by atoms with Crippen molar-refractivity contribution in [2.45, 2.75) is 32.7 Å². The summed E-state index contributed by atoms with van der Waals surface area (Å²) < 4.78 is 1.65. The highest BCUT2D eigenvalue weighted by atomic mass is 16.2. The topological polar surface area (TPSA) is 96.2 Å². The van der Waals surface area contributed by atoms with E-state index in [9.17, 15) is 9.59 Å². The number of amides is 2. The molecule has 0 spiro atoms. The van der Waals surface area contributed by atoms with E-state index >= 15 is 0 Å². The predicted octanol–water partition coefficient (Wildman–Crippen LogP) is 2.79. The molecule has 9 heteroatoms. The van der Waals surface area contributed by atoms with Gasteiger partial charge in [-0.15, -0.1) is 0 Å². The van der Waals surface area contributed by atoms with Crippen LogP contribution in [0.25, 0.3) is 10.9 Å². The number of fused-ring (bicyclic) bond motifs is 1. The number of benzene rings is 1. The number of anilines is 2. The number of hydrogen-bond donors (Lipinski definition) is 1. The van der Waals surface area contributed by atoms with Crippen LogP contribution in [-0.4, -0.2) is 63.6 Å². The zero-order chi connectivity index (χ0) is 22.7. The van der Waals surface area contributed by atoms with E-state index in [1.165, 1.54) is 24.1 Å². The van der Waals surface area contributed by atoms with Crippen molar-refractivity contribution in [1.29, 1.82) is 0 Å². The number of hydrogen-bond acceptors (Lipinski definition) is 6. The molecule has 0 aliphatic heterocycles. The van der Waals surface area contributed by atoms with Gasteiger partial charge in [-0.2, -0.15) is 5.10 Å². The molecule has 2 heterocycles. The average Bonchev–Trinajstić information content (AvgIpc) is 3.52. The Balaban J connectivity index is 1.48. The molecule has 0 atom stereocenters. The van der Waals surface area contributed by atoms with Crippen molar-refractivity contribution >= 4 is 34.2 Å². The molecule has 0 saturated heterocycles. The van der Waals surface area contributed by atoms with Gasteiger partial charge >= 0.3 is 0 Å². The van der Waals surface area contributed by atoms with Crippen LogP contribution in [0.4, 0.5) is 11.5 Å². The van der Waals surface area contributed by atoms with E-state index < -0.39 is 0 Å². The van der Waals surface area contributed by atoms with Crippen molar-refractivity contribution in [1.82, 2.24) is 24.6 Å². The number of aromatic nitrogens is 4. The van der Waals surface area contributed by atoms with Gasteiger partial charge in [-0.25, -0.2) is 9.97 Å². The van der Waals surface area contributed by atoms with E-state index in [0.717, 1.165) is 42.1 Å². The maximum absolute atomic E-state index is 12.9. The minimum absolute atomic E-state index is 0.0363. The standard InChI is InChI=1S/C23H29N7O2/c1-4-9-29(13-16-5-6-16)21-11-19(24-15-25-21)23(32)27-18-7-8-20-17(10-18)12-26-30(20)14-22(31)28(2)3/h7-8,10-12,15-16H,4-6,9,13-14H2,1-3H3,(H,27,32). The van der Waals surface area contributed by atoms with Gasteiger partial charge < -0.3 is 15.1 Å². The molecular weight excluding hydrogens is 406 g/mol. The lowest BCUT2D eigenvalue weighted by atomic mass is 10.2. The molecule has 9 nitrogen and oxygen atoms in total. The molecule has 0 bridgehead atoms. The zero-order valence-corrected chi connectivity index (χ0v) is 18.8. The molecule has 2 amide bonds. The Hall–Kier alpha value is -3.49. The van der Waals surface area contributed by atoms with Gasteiger partial charge in [0.05, 0.1) is 11.7 Å². The summed E-state index contributed by atoms with van der Waals surface area (Å²) >= 11 is 0. The largest absolute Gasteiger partial charge is 0.356 e. The number of carbonyl (C=O) groups excluding carboxylic acids is 2. The van der Waals surface area contributed by atoms with E-state index in [1.54, 1.807) is 37.1 Å². The van der Waals surface area contributed by atoms with Crippen LogP contribution in [0.15, 0.2) is 36.8 Å². The summed E-state index contributed by atoms with van der Waals surface area (Å²) in [5, 5.41) is 8.06. The molecule has 2 aromatic heterocycles. The lowest BCUT2D eigenvalue weighted by molar-refractivity contribution is -0.129. The second-order valence-electron chi connectivity index (χ2n) is 8.47.